The van der Waals surface area contributed by atoms with Crippen molar-refractivity contribution in [1.29, 1.82) is 5.26 Å². The Morgan fingerprint density at radius 1 is 1.53 bits per heavy atom. The van der Waals surface area contributed by atoms with Gasteiger partial charge >= 0.3 is 6.03 Å². The molecule has 0 unspecified atom stereocenters. The summed E-state index contributed by atoms with van der Waals surface area (Å²) in [6, 6.07) is 6.67. The molecule has 0 bridgehead atoms. The van der Waals surface area contributed by atoms with E-state index in [9.17, 15) is 10.1 Å². The Bertz CT molecular complexity index is 658. The maximum absolute atomic E-state index is 11.1. The molecular formula is C12H11N5OS. The Hall–Kier alpha value is -2.46. The van der Waals surface area contributed by atoms with Crippen molar-refractivity contribution in [3.05, 3.63) is 42.0 Å². The number of nitrogens with zero attached hydrogens (tertiary/aromatic N) is 3. The van der Waals surface area contributed by atoms with E-state index in [1.165, 1.54) is 0 Å². The molecule has 96 valence electrons. The molecule has 0 aliphatic heterocycles. The van der Waals surface area contributed by atoms with E-state index in [-0.39, 0.29) is 0 Å². The summed E-state index contributed by atoms with van der Waals surface area (Å²) in [6.45, 7) is 1.87. The van der Waals surface area contributed by atoms with Gasteiger partial charge in [0.2, 0.25) is 0 Å². The highest BCUT2D eigenvalue weighted by Crippen LogP contribution is 2.19. The van der Waals surface area contributed by atoms with Crippen LogP contribution in [0.15, 0.2) is 30.7 Å². The predicted molar refractivity (Wildman–Crippen MR) is 74.2 cm³/mol. The van der Waals surface area contributed by atoms with Gasteiger partial charge in [-0.05, 0) is 25.1 Å². The number of rotatable bonds is 2. The highest BCUT2D eigenvalue weighted by molar-refractivity contribution is 7.78. The van der Waals surface area contributed by atoms with Crippen molar-refractivity contribution in [3.8, 4) is 11.8 Å². The molecule has 0 saturated heterocycles. The van der Waals surface area contributed by atoms with E-state index < -0.39 is 6.03 Å². The van der Waals surface area contributed by atoms with E-state index in [0.29, 0.717) is 16.9 Å². The van der Waals surface area contributed by atoms with Gasteiger partial charge in [0.1, 0.15) is 6.07 Å². The van der Waals surface area contributed by atoms with E-state index in [2.05, 4.69) is 33.9 Å². The third-order valence-electron chi connectivity index (χ3n) is 2.47. The highest BCUT2D eigenvalue weighted by Gasteiger charge is 2.07. The summed E-state index contributed by atoms with van der Waals surface area (Å²) in [5.41, 5.74) is 2.53. The summed E-state index contributed by atoms with van der Waals surface area (Å²) in [4.78, 5) is 15.3. The van der Waals surface area contributed by atoms with E-state index in [1.54, 1.807) is 29.1 Å². The number of carbonyl (C=O) groups is 1. The summed E-state index contributed by atoms with van der Waals surface area (Å²) in [5, 5.41) is 11.7. The van der Waals surface area contributed by atoms with Crippen LogP contribution in [0.3, 0.4) is 0 Å². The van der Waals surface area contributed by atoms with E-state index in [1.807, 2.05) is 13.1 Å². The summed E-state index contributed by atoms with van der Waals surface area (Å²) in [6.07, 6.45) is 3.46. The van der Waals surface area contributed by atoms with Crippen molar-refractivity contribution >= 4 is 24.5 Å². The molecule has 19 heavy (non-hydrogen) atoms. The first-order valence-electron chi connectivity index (χ1n) is 5.40. The van der Waals surface area contributed by atoms with E-state index >= 15 is 0 Å². The largest absolute Gasteiger partial charge is 0.329 e. The number of aryl methyl sites for hydroxylation is 1. The van der Waals surface area contributed by atoms with Crippen molar-refractivity contribution < 1.29 is 4.79 Å². The maximum Gasteiger partial charge on any atom is 0.329 e. The second-order valence-corrected chi connectivity index (χ2v) is 4.06. The molecule has 2 rings (SSSR count). The van der Waals surface area contributed by atoms with Gasteiger partial charge in [-0.1, -0.05) is 12.8 Å². The fraction of sp³-hybridized carbons (Fsp3) is 0.0833. The first-order chi connectivity index (χ1) is 9.13. The molecule has 2 amide bonds. The monoisotopic (exact) mass is 273 g/mol. The third-order valence-corrected chi connectivity index (χ3v) is 2.67. The van der Waals surface area contributed by atoms with Gasteiger partial charge in [0.15, 0.2) is 0 Å². The lowest BCUT2D eigenvalue weighted by atomic mass is 10.1. The molecule has 1 heterocycles. The molecule has 0 spiro atoms. The highest BCUT2D eigenvalue weighted by atomic mass is 32.1. The minimum Gasteiger partial charge on any atom is -0.307 e. The van der Waals surface area contributed by atoms with Crippen molar-refractivity contribution in [2.45, 2.75) is 6.92 Å². The Morgan fingerprint density at radius 2 is 2.32 bits per heavy atom. The number of imidazole rings is 1. The second kappa shape index (κ2) is 5.46. The van der Waals surface area contributed by atoms with Crippen LogP contribution < -0.4 is 10.0 Å². The lowest BCUT2D eigenvalue weighted by Gasteiger charge is -2.08. The van der Waals surface area contributed by atoms with Crippen molar-refractivity contribution in [2.75, 3.05) is 5.32 Å². The minimum absolute atomic E-state index is 0.439. The number of urea groups is 1. The molecule has 0 aliphatic rings. The summed E-state index contributed by atoms with van der Waals surface area (Å²) in [7, 11) is 0. The van der Waals surface area contributed by atoms with E-state index in [0.717, 1.165) is 5.69 Å². The van der Waals surface area contributed by atoms with Gasteiger partial charge in [-0.2, -0.15) is 5.26 Å². The summed E-state index contributed by atoms with van der Waals surface area (Å²) < 4.78 is 3.91. The molecule has 0 fully saturated rings. The third kappa shape index (κ3) is 2.86. The van der Waals surface area contributed by atoms with Gasteiger partial charge in [-0.25, -0.2) is 9.78 Å². The van der Waals surface area contributed by atoms with Crippen molar-refractivity contribution in [3.63, 3.8) is 0 Å². The number of aromatic nitrogens is 2. The quantitative estimate of drug-likeness (QED) is 0.732. The molecule has 0 atom stereocenters. The summed E-state index contributed by atoms with van der Waals surface area (Å²) in [5.74, 6) is 0. The molecule has 0 aliphatic carbocycles. The predicted octanol–water partition coefficient (Wildman–Crippen LogP) is 2.02. The van der Waals surface area contributed by atoms with Crippen LogP contribution in [0, 0.1) is 18.3 Å². The first-order valence-corrected chi connectivity index (χ1v) is 5.85. The standard InChI is InChI=1S/C12H11N5OS/c1-8-6-17(7-14-8)11-3-2-10(4-9(11)5-13)15-12(18)16-19/h2-4,6-7,19H,1H3,(H2,15,16,18). The number of hydrogen-bond acceptors (Lipinski definition) is 4. The topological polar surface area (TPSA) is 82.7 Å². The van der Waals surface area contributed by atoms with Crippen LogP contribution in [0.4, 0.5) is 10.5 Å². The van der Waals surface area contributed by atoms with Crippen molar-refractivity contribution in [2.24, 2.45) is 0 Å². The zero-order valence-electron chi connectivity index (χ0n) is 10.1. The van der Waals surface area contributed by atoms with Crippen LogP contribution >= 0.6 is 12.8 Å². The molecule has 2 N–H and O–H groups in total. The van der Waals surface area contributed by atoms with Crippen LogP contribution in [0.25, 0.3) is 5.69 Å². The molecule has 1 aromatic heterocycles. The number of carbonyl (C=O) groups excluding carboxylic acids is 1. The van der Waals surface area contributed by atoms with Crippen LogP contribution in [0.1, 0.15) is 11.3 Å². The number of thiol groups is 1. The van der Waals surface area contributed by atoms with Crippen LogP contribution in [-0.2, 0) is 0 Å². The number of amides is 2. The Balaban J connectivity index is 2.37. The molecular weight excluding hydrogens is 262 g/mol. The SMILES string of the molecule is Cc1cn(-c2ccc(NC(=O)NS)cc2C#N)cn1. The molecule has 7 heteroatoms. The lowest BCUT2D eigenvalue weighted by Crippen LogP contribution is -2.20. The average Bonchev–Trinajstić information content (AvgIpc) is 2.84. The van der Waals surface area contributed by atoms with Gasteiger partial charge in [0.05, 0.1) is 23.3 Å². The van der Waals surface area contributed by atoms with Crippen LogP contribution in [-0.4, -0.2) is 15.6 Å². The first kappa shape index (κ1) is 13.0. The molecule has 0 saturated carbocycles. The second-order valence-electron chi connectivity index (χ2n) is 3.83. The molecule has 6 nitrogen and oxygen atoms in total. The summed E-state index contributed by atoms with van der Waals surface area (Å²) >= 11 is 3.64. The zero-order valence-corrected chi connectivity index (χ0v) is 11.0. The van der Waals surface area contributed by atoms with Gasteiger partial charge < -0.3 is 9.88 Å². The van der Waals surface area contributed by atoms with Gasteiger partial charge in [0.25, 0.3) is 0 Å². The smallest absolute Gasteiger partial charge is 0.307 e. The maximum atomic E-state index is 11.1. The number of hydrogen-bond donors (Lipinski definition) is 3. The Morgan fingerprint density at radius 3 is 2.89 bits per heavy atom. The minimum atomic E-state index is -0.460. The number of anilines is 1. The normalized spacial score (nSPS) is 9.74. The molecule has 2 aromatic rings. The van der Waals surface area contributed by atoms with Crippen LogP contribution in [0.2, 0.25) is 0 Å². The fourth-order valence-corrected chi connectivity index (χ4v) is 1.70. The number of nitriles is 1. The van der Waals surface area contributed by atoms with Crippen molar-refractivity contribution in [1.82, 2.24) is 14.3 Å². The average molecular weight is 273 g/mol. The lowest BCUT2D eigenvalue weighted by molar-refractivity contribution is 0.257. The van der Waals surface area contributed by atoms with Gasteiger partial charge in [0, 0.05) is 11.9 Å². The molecule has 0 radical (unpaired) electrons. The number of benzene rings is 1. The Kier molecular flexibility index (Phi) is 3.73. The molecule has 1 aromatic carbocycles. The number of nitrogens with one attached hydrogen (secondary N) is 2. The Labute approximate surface area is 115 Å². The van der Waals surface area contributed by atoms with Gasteiger partial charge in [-0.15, -0.1) is 0 Å². The fourth-order valence-electron chi connectivity index (χ4n) is 1.64. The zero-order chi connectivity index (χ0) is 13.8. The van der Waals surface area contributed by atoms with Crippen LogP contribution in [0.5, 0.6) is 0 Å². The van der Waals surface area contributed by atoms with E-state index in [4.69, 9.17) is 0 Å². The van der Waals surface area contributed by atoms with Gasteiger partial charge in [-0.3, -0.25) is 4.72 Å².